The molecule has 152 valence electrons. The van der Waals surface area contributed by atoms with E-state index in [1.807, 2.05) is 30.3 Å². The number of carbonyl (C=O) groups is 1. The first kappa shape index (κ1) is 20.5. The molecule has 0 saturated carbocycles. The molecule has 1 amide bonds. The molecule has 2 heterocycles. The maximum atomic E-state index is 14.5. The quantitative estimate of drug-likeness (QED) is 0.439. The van der Waals surface area contributed by atoms with E-state index in [0.717, 1.165) is 36.2 Å². The number of nitrogens with one attached hydrogen (secondary N) is 2. The lowest BCUT2D eigenvalue weighted by molar-refractivity contribution is 0.100. The number of amides is 1. The van der Waals surface area contributed by atoms with Crippen LogP contribution >= 0.6 is 0 Å². The topological polar surface area (TPSA) is 119 Å². The van der Waals surface area contributed by atoms with Gasteiger partial charge in [0.05, 0.1) is 11.1 Å². The number of anilines is 3. The van der Waals surface area contributed by atoms with Crippen LogP contribution < -0.4 is 22.1 Å². The molecule has 0 unspecified atom stereocenters. The molecule has 0 radical (unpaired) electrons. The molecule has 0 bridgehead atoms. The molecule has 8 heteroatoms. The monoisotopic (exact) mass is 396 g/mol. The van der Waals surface area contributed by atoms with Crippen LogP contribution in [0, 0.1) is 5.82 Å². The summed E-state index contributed by atoms with van der Waals surface area (Å²) in [7, 11) is 0. The number of halogens is 1. The highest BCUT2D eigenvalue weighted by Gasteiger charge is 2.18. The van der Waals surface area contributed by atoms with Gasteiger partial charge in [0.15, 0.2) is 11.6 Å². The highest BCUT2D eigenvalue weighted by molar-refractivity contribution is 5.99. The lowest BCUT2D eigenvalue weighted by atomic mass is 10.1. The van der Waals surface area contributed by atoms with E-state index in [4.69, 9.17) is 11.5 Å². The number of unbranched alkanes of at least 4 members (excludes halogenated alkanes) is 1. The molecule has 29 heavy (non-hydrogen) atoms. The van der Waals surface area contributed by atoms with Gasteiger partial charge in [0.1, 0.15) is 5.82 Å². The van der Waals surface area contributed by atoms with Crippen LogP contribution in [0.1, 0.15) is 36.5 Å². The molecule has 0 fully saturated rings. The summed E-state index contributed by atoms with van der Waals surface area (Å²) in [5.41, 5.74) is 12.7. The molecule has 0 aliphatic rings. The number of rotatable bonds is 9. The van der Waals surface area contributed by atoms with Gasteiger partial charge in [0.2, 0.25) is 0 Å². The van der Waals surface area contributed by atoms with Crippen molar-refractivity contribution in [2.45, 2.75) is 32.2 Å². The number of pyridine rings is 2. The number of fused-ring (bicyclic) bond motifs is 1. The number of hydrogen-bond acceptors (Lipinski definition) is 6. The van der Waals surface area contributed by atoms with Crippen LogP contribution in [-0.2, 0) is 0 Å². The lowest BCUT2D eigenvalue weighted by Crippen LogP contribution is -2.30. The van der Waals surface area contributed by atoms with E-state index >= 15 is 0 Å². The van der Waals surface area contributed by atoms with Crippen LogP contribution in [0.2, 0.25) is 0 Å². The van der Waals surface area contributed by atoms with Crippen LogP contribution in [0.25, 0.3) is 10.9 Å². The number of benzene rings is 1. The van der Waals surface area contributed by atoms with E-state index in [1.165, 1.54) is 0 Å². The molecule has 3 aromatic rings. The van der Waals surface area contributed by atoms with Gasteiger partial charge in [-0.15, -0.1) is 0 Å². The van der Waals surface area contributed by atoms with Crippen LogP contribution in [0.5, 0.6) is 0 Å². The number of nitrogens with two attached hydrogens (primary N) is 2. The van der Waals surface area contributed by atoms with Crippen molar-refractivity contribution in [3.8, 4) is 0 Å². The van der Waals surface area contributed by atoms with Crippen LogP contribution in [-0.4, -0.2) is 28.5 Å². The fourth-order valence-electron chi connectivity index (χ4n) is 3.06. The average molecular weight is 396 g/mol. The second-order valence-electron chi connectivity index (χ2n) is 6.83. The van der Waals surface area contributed by atoms with Gasteiger partial charge < -0.3 is 22.1 Å². The maximum Gasteiger partial charge on any atom is 0.252 e. The Kier molecular flexibility index (Phi) is 6.56. The summed E-state index contributed by atoms with van der Waals surface area (Å²) in [6, 6.07) is 10.3. The highest BCUT2D eigenvalue weighted by atomic mass is 19.1. The zero-order valence-electron chi connectivity index (χ0n) is 16.3. The van der Waals surface area contributed by atoms with Gasteiger partial charge in [-0.1, -0.05) is 25.8 Å². The molecule has 0 aliphatic carbocycles. The van der Waals surface area contributed by atoms with Gasteiger partial charge in [-0.25, -0.2) is 9.37 Å². The van der Waals surface area contributed by atoms with Crippen LogP contribution in [0.4, 0.5) is 21.7 Å². The fraction of sp³-hybridized carbons (Fsp3) is 0.286. The Morgan fingerprint density at radius 2 is 2.07 bits per heavy atom. The first-order chi connectivity index (χ1) is 14.0. The third-order valence-corrected chi connectivity index (χ3v) is 4.64. The minimum absolute atomic E-state index is 0.0304. The van der Waals surface area contributed by atoms with Crippen molar-refractivity contribution in [2.75, 3.05) is 17.2 Å². The minimum atomic E-state index is -0.769. The van der Waals surface area contributed by atoms with Gasteiger partial charge in [0.25, 0.3) is 5.91 Å². The van der Waals surface area contributed by atoms with E-state index in [-0.39, 0.29) is 23.2 Å². The zero-order chi connectivity index (χ0) is 20.8. The maximum absolute atomic E-state index is 14.5. The predicted molar refractivity (Wildman–Crippen MR) is 114 cm³/mol. The summed E-state index contributed by atoms with van der Waals surface area (Å²) in [5.74, 6) is -1.21. The second kappa shape index (κ2) is 9.29. The van der Waals surface area contributed by atoms with Crippen molar-refractivity contribution in [3.63, 3.8) is 0 Å². The van der Waals surface area contributed by atoms with Crippen molar-refractivity contribution < 1.29 is 9.18 Å². The molecule has 1 aromatic carbocycles. The SMILES string of the molecule is CCCC[C@H](CN)Nc1nc(Nc2ccc3ncccc3c2)c(C(N)=O)cc1F. The summed E-state index contributed by atoms with van der Waals surface area (Å²) in [4.78, 5) is 20.4. The van der Waals surface area contributed by atoms with E-state index < -0.39 is 11.7 Å². The summed E-state index contributed by atoms with van der Waals surface area (Å²) >= 11 is 0. The molecular formula is C21H25FN6O. The van der Waals surface area contributed by atoms with Crippen LogP contribution in [0.3, 0.4) is 0 Å². The molecule has 0 aliphatic heterocycles. The van der Waals surface area contributed by atoms with Gasteiger partial charge in [-0.2, -0.15) is 0 Å². The number of nitrogens with zero attached hydrogens (tertiary/aromatic N) is 2. The number of hydrogen-bond donors (Lipinski definition) is 4. The molecule has 1 atom stereocenters. The Balaban J connectivity index is 1.93. The normalized spacial score (nSPS) is 12.0. The van der Waals surface area contributed by atoms with Gasteiger partial charge in [-0.05, 0) is 36.8 Å². The third-order valence-electron chi connectivity index (χ3n) is 4.64. The van der Waals surface area contributed by atoms with E-state index in [1.54, 1.807) is 6.20 Å². The molecule has 7 nitrogen and oxygen atoms in total. The molecule has 0 saturated heterocycles. The standard InChI is InChI=1S/C21H25FN6O/c1-2-3-6-15(12-23)27-21-17(22)11-16(19(24)29)20(28-21)26-14-7-8-18-13(10-14)5-4-9-25-18/h4-5,7-11,15H,2-3,6,12,23H2,1H3,(H2,24,29)(H2,26,27,28)/t15-/m1/s1. The molecule has 3 rings (SSSR count). The first-order valence-corrected chi connectivity index (χ1v) is 9.60. The summed E-state index contributed by atoms with van der Waals surface area (Å²) in [6.45, 7) is 2.42. The van der Waals surface area contributed by atoms with E-state index in [0.29, 0.717) is 12.2 Å². The molecular weight excluding hydrogens is 371 g/mol. The van der Waals surface area contributed by atoms with Gasteiger partial charge in [0, 0.05) is 29.9 Å². The number of primary amides is 1. The summed E-state index contributed by atoms with van der Waals surface area (Å²) in [5, 5.41) is 7.03. The lowest BCUT2D eigenvalue weighted by Gasteiger charge is -2.19. The third kappa shape index (κ3) is 4.97. The average Bonchev–Trinajstić information content (AvgIpc) is 2.72. The summed E-state index contributed by atoms with van der Waals surface area (Å²) in [6.07, 6.45) is 4.49. The number of aromatic nitrogens is 2. The predicted octanol–water partition coefficient (Wildman–Crippen LogP) is 3.54. The van der Waals surface area contributed by atoms with Gasteiger partial charge in [-0.3, -0.25) is 9.78 Å². The van der Waals surface area contributed by atoms with Crippen molar-refractivity contribution in [1.82, 2.24) is 9.97 Å². The molecule has 0 spiro atoms. The Bertz CT molecular complexity index is 1010. The first-order valence-electron chi connectivity index (χ1n) is 9.60. The minimum Gasteiger partial charge on any atom is -0.365 e. The van der Waals surface area contributed by atoms with Crippen molar-refractivity contribution in [1.29, 1.82) is 0 Å². The molecule has 6 N–H and O–H groups in total. The van der Waals surface area contributed by atoms with Gasteiger partial charge >= 0.3 is 0 Å². The van der Waals surface area contributed by atoms with Crippen LogP contribution in [0.15, 0.2) is 42.6 Å². The largest absolute Gasteiger partial charge is 0.365 e. The Labute approximate surface area is 168 Å². The van der Waals surface area contributed by atoms with E-state index in [2.05, 4.69) is 27.5 Å². The summed E-state index contributed by atoms with van der Waals surface area (Å²) < 4.78 is 14.5. The van der Waals surface area contributed by atoms with E-state index in [9.17, 15) is 9.18 Å². The fourth-order valence-corrected chi connectivity index (χ4v) is 3.06. The second-order valence-corrected chi connectivity index (χ2v) is 6.83. The Morgan fingerprint density at radius 3 is 2.79 bits per heavy atom. The molecule has 2 aromatic heterocycles. The highest BCUT2D eigenvalue weighted by Crippen LogP contribution is 2.26. The Morgan fingerprint density at radius 1 is 1.24 bits per heavy atom. The smallest absolute Gasteiger partial charge is 0.252 e. The Hall–Kier alpha value is -3.26. The zero-order valence-corrected chi connectivity index (χ0v) is 16.3. The van der Waals surface area contributed by atoms with Crippen molar-refractivity contribution in [3.05, 3.63) is 54.0 Å². The van der Waals surface area contributed by atoms with Crippen molar-refractivity contribution >= 4 is 34.1 Å². The van der Waals surface area contributed by atoms with Crippen molar-refractivity contribution in [2.24, 2.45) is 11.5 Å². The number of carbonyl (C=O) groups excluding carboxylic acids is 1.